The molecule has 1 aromatic carbocycles. The highest BCUT2D eigenvalue weighted by Gasteiger charge is 2.64. The number of fused-ring (bicyclic) bond motifs is 2. The quantitative estimate of drug-likeness (QED) is 0.498. The lowest BCUT2D eigenvalue weighted by atomic mass is 9.86. The minimum atomic E-state index is -4.62. The molecule has 0 spiro atoms. The van der Waals surface area contributed by atoms with Crippen LogP contribution in [0.4, 0.5) is 43.5 Å². The van der Waals surface area contributed by atoms with Crippen LogP contribution in [0.25, 0.3) is 0 Å². The zero-order chi connectivity index (χ0) is 24.3. The Labute approximate surface area is 191 Å². The second-order valence-electron chi connectivity index (χ2n) is 8.71. The van der Waals surface area contributed by atoms with E-state index in [0.29, 0.717) is 16.9 Å². The number of pyridine rings is 1. The number of halogens is 6. The van der Waals surface area contributed by atoms with E-state index in [1.54, 1.807) is 24.3 Å². The van der Waals surface area contributed by atoms with E-state index in [1.807, 2.05) is 0 Å². The molecule has 0 saturated heterocycles. The first kappa shape index (κ1) is 22.5. The van der Waals surface area contributed by atoms with Crippen molar-refractivity contribution in [2.45, 2.75) is 38.2 Å². The van der Waals surface area contributed by atoms with Crippen molar-refractivity contribution in [2.24, 2.45) is 11.3 Å². The van der Waals surface area contributed by atoms with Gasteiger partial charge in [-0.15, -0.1) is 0 Å². The summed E-state index contributed by atoms with van der Waals surface area (Å²) in [5.74, 6) is -1.05. The van der Waals surface area contributed by atoms with Gasteiger partial charge in [-0.3, -0.25) is 4.79 Å². The first-order chi connectivity index (χ1) is 16.0. The first-order valence-corrected chi connectivity index (χ1v) is 10.7. The molecule has 3 aliphatic rings. The predicted molar refractivity (Wildman–Crippen MR) is 113 cm³/mol. The van der Waals surface area contributed by atoms with Gasteiger partial charge in [0.25, 0.3) is 0 Å². The number of aromatic nitrogens is 1. The van der Waals surface area contributed by atoms with Crippen LogP contribution in [-0.2, 0) is 17.5 Å². The fourth-order valence-electron chi connectivity index (χ4n) is 4.50. The van der Waals surface area contributed by atoms with Crippen molar-refractivity contribution in [3.63, 3.8) is 0 Å². The van der Waals surface area contributed by atoms with Gasteiger partial charge < -0.3 is 10.2 Å². The Balaban J connectivity index is 1.44. The number of benzene rings is 1. The molecule has 34 heavy (non-hydrogen) atoms. The van der Waals surface area contributed by atoms with Gasteiger partial charge in [-0.25, -0.2) is 4.98 Å². The van der Waals surface area contributed by atoms with Crippen molar-refractivity contribution < 1.29 is 31.1 Å². The number of carbonyl (C=O) groups is 1. The Morgan fingerprint density at radius 2 is 1.79 bits per heavy atom. The Bertz CT molecular complexity index is 1210. The average Bonchev–Trinajstić information content (AvgIpc) is 3.61. The molecule has 1 saturated carbocycles. The number of hydrogen-bond donors (Lipinski definition) is 1. The summed E-state index contributed by atoms with van der Waals surface area (Å²) in [4.78, 5) is 18.6. The average molecular weight is 479 g/mol. The molecule has 1 amide bonds. The van der Waals surface area contributed by atoms with Gasteiger partial charge in [0.15, 0.2) is 0 Å². The molecular weight excluding hydrogens is 460 g/mol. The molecule has 1 atom stereocenters. The van der Waals surface area contributed by atoms with Gasteiger partial charge in [0, 0.05) is 5.56 Å². The second kappa shape index (κ2) is 7.61. The standard InChI is InChI=1S/C24H19F6N3O/c25-23(26,27)19-10-7-15-13-33(18-4-2-1-3-17(18)31-20(15)32-19)21(34)14-5-8-16(9-6-14)22(11-12-22)24(28,29)30/h1-5,7-10,14H,6,11-13H2,(H,31,32). The van der Waals surface area contributed by atoms with E-state index < -0.39 is 29.4 Å². The number of anilines is 3. The fraction of sp³-hybridized carbons (Fsp3) is 0.333. The largest absolute Gasteiger partial charge is 0.433 e. The van der Waals surface area contributed by atoms with E-state index in [9.17, 15) is 31.1 Å². The molecule has 1 fully saturated rings. The van der Waals surface area contributed by atoms with Gasteiger partial charge in [0.2, 0.25) is 5.91 Å². The molecule has 1 N–H and O–H groups in total. The van der Waals surface area contributed by atoms with Crippen LogP contribution in [0, 0.1) is 11.3 Å². The minimum Gasteiger partial charge on any atom is -0.338 e. The second-order valence-corrected chi connectivity index (χ2v) is 8.71. The third kappa shape index (κ3) is 3.74. The maximum absolute atomic E-state index is 13.5. The summed E-state index contributed by atoms with van der Waals surface area (Å²) in [5, 5.41) is 2.90. The van der Waals surface area contributed by atoms with Crippen LogP contribution < -0.4 is 10.2 Å². The summed E-state index contributed by atoms with van der Waals surface area (Å²) in [6, 6.07) is 8.80. The lowest BCUT2D eigenvalue weighted by Gasteiger charge is -2.28. The van der Waals surface area contributed by atoms with Crippen LogP contribution in [0.2, 0.25) is 0 Å². The highest BCUT2D eigenvalue weighted by atomic mass is 19.4. The van der Waals surface area contributed by atoms with Crippen molar-refractivity contribution in [3.8, 4) is 0 Å². The number of alkyl halides is 6. The number of nitrogens with one attached hydrogen (secondary N) is 1. The Hall–Kier alpha value is -3.30. The molecule has 2 heterocycles. The van der Waals surface area contributed by atoms with Crippen molar-refractivity contribution in [2.75, 3.05) is 10.2 Å². The summed E-state index contributed by atoms with van der Waals surface area (Å²) >= 11 is 0. The number of carbonyl (C=O) groups excluding carboxylic acids is 1. The van der Waals surface area contributed by atoms with E-state index in [2.05, 4.69) is 10.3 Å². The normalized spacial score (nSPS) is 21.1. The molecule has 1 unspecified atom stereocenters. The lowest BCUT2D eigenvalue weighted by molar-refractivity contribution is -0.174. The Kier molecular flexibility index (Phi) is 5.03. The maximum atomic E-state index is 13.5. The molecule has 4 nitrogen and oxygen atoms in total. The van der Waals surface area contributed by atoms with Crippen LogP contribution >= 0.6 is 0 Å². The maximum Gasteiger partial charge on any atom is 0.433 e. The molecule has 0 radical (unpaired) electrons. The van der Waals surface area contributed by atoms with Crippen LogP contribution in [-0.4, -0.2) is 17.1 Å². The molecule has 1 aliphatic heterocycles. The summed E-state index contributed by atoms with van der Waals surface area (Å²) in [7, 11) is 0. The van der Waals surface area contributed by atoms with Crippen LogP contribution in [0.15, 0.2) is 60.2 Å². The van der Waals surface area contributed by atoms with Crippen molar-refractivity contribution in [3.05, 3.63) is 71.5 Å². The predicted octanol–water partition coefficient (Wildman–Crippen LogP) is 6.54. The van der Waals surface area contributed by atoms with E-state index in [1.165, 1.54) is 29.2 Å². The fourth-order valence-corrected chi connectivity index (χ4v) is 4.50. The molecule has 1 aromatic heterocycles. The third-order valence-corrected chi connectivity index (χ3v) is 6.57. The summed E-state index contributed by atoms with van der Waals surface area (Å²) in [6.07, 6.45) is -4.38. The van der Waals surface area contributed by atoms with E-state index >= 15 is 0 Å². The summed E-state index contributed by atoms with van der Waals surface area (Å²) < 4.78 is 79.8. The van der Waals surface area contributed by atoms with E-state index in [4.69, 9.17) is 0 Å². The monoisotopic (exact) mass is 479 g/mol. The van der Waals surface area contributed by atoms with Crippen LogP contribution in [0.1, 0.15) is 30.5 Å². The van der Waals surface area contributed by atoms with Crippen LogP contribution in [0.3, 0.4) is 0 Å². The highest BCUT2D eigenvalue weighted by molar-refractivity contribution is 6.00. The van der Waals surface area contributed by atoms with E-state index in [-0.39, 0.29) is 43.1 Å². The zero-order valence-electron chi connectivity index (χ0n) is 17.7. The van der Waals surface area contributed by atoms with Gasteiger partial charge in [0.1, 0.15) is 11.5 Å². The molecule has 2 aliphatic carbocycles. The number of nitrogens with zero attached hydrogens (tertiary/aromatic N) is 2. The number of amides is 1. The topological polar surface area (TPSA) is 45.2 Å². The number of rotatable bonds is 2. The number of hydrogen-bond acceptors (Lipinski definition) is 3. The molecule has 178 valence electrons. The summed E-state index contributed by atoms with van der Waals surface area (Å²) in [5.41, 5.74) is -1.42. The molecule has 0 bridgehead atoms. The smallest absolute Gasteiger partial charge is 0.338 e. The SMILES string of the molecule is O=C(C1C=CC(C2(C(F)(F)F)CC2)=CC1)N1Cc2ccc(C(F)(F)F)nc2Nc2ccccc21. The Morgan fingerprint density at radius 3 is 2.41 bits per heavy atom. The molecule has 10 heteroatoms. The third-order valence-electron chi connectivity index (χ3n) is 6.57. The van der Waals surface area contributed by atoms with E-state index in [0.717, 1.165) is 6.07 Å². The van der Waals surface area contributed by atoms with Gasteiger partial charge >= 0.3 is 12.4 Å². The zero-order valence-corrected chi connectivity index (χ0v) is 17.7. The highest BCUT2D eigenvalue weighted by Crippen LogP contribution is 2.63. The number of allylic oxidation sites excluding steroid dienone is 3. The lowest BCUT2D eigenvalue weighted by Crippen LogP contribution is -2.36. The molecular formula is C24H19F6N3O. The van der Waals surface area contributed by atoms with Gasteiger partial charge in [-0.2, -0.15) is 26.3 Å². The van der Waals surface area contributed by atoms with Crippen molar-refractivity contribution >= 4 is 23.1 Å². The van der Waals surface area contributed by atoms with Crippen molar-refractivity contribution in [1.29, 1.82) is 0 Å². The molecule has 2 aromatic rings. The van der Waals surface area contributed by atoms with Gasteiger partial charge in [-0.05, 0) is 43.0 Å². The molecule has 5 rings (SSSR count). The Morgan fingerprint density at radius 1 is 1.06 bits per heavy atom. The van der Waals surface area contributed by atoms with Crippen LogP contribution in [0.5, 0.6) is 0 Å². The van der Waals surface area contributed by atoms with Gasteiger partial charge in [0.05, 0.1) is 29.3 Å². The first-order valence-electron chi connectivity index (χ1n) is 10.7. The van der Waals surface area contributed by atoms with Crippen molar-refractivity contribution in [1.82, 2.24) is 4.98 Å². The van der Waals surface area contributed by atoms with Gasteiger partial charge in [-0.1, -0.05) is 36.4 Å². The number of para-hydroxylation sites is 2. The minimum absolute atomic E-state index is 0.000189. The summed E-state index contributed by atoms with van der Waals surface area (Å²) in [6.45, 7) is -0.0310.